The van der Waals surface area contributed by atoms with Crippen LogP contribution in [0.1, 0.15) is 28.0 Å². The molecule has 16 heavy (non-hydrogen) atoms. The van der Waals surface area contributed by atoms with E-state index in [-0.39, 0.29) is 16.6 Å². The van der Waals surface area contributed by atoms with Crippen molar-refractivity contribution in [1.29, 1.82) is 0 Å². The maximum atomic E-state index is 12.6. The van der Waals surface area contributed by atoms with Crippen LogP contribution in [0.2, 0.25) is 0 Å². The van der Waals surface area contributed by atoms with Crippen molar-refractivity contribution in [2.75, 3.05) is 7.11 Å². The molecule has 0 saturated heterocycles. The van der Waals surface area contributed by atoms with Gasteiger partial charge in [0, 0.05) is 17.2 Å². The molecular formula is C9H9BrF2N2O2. The molecule has 1 heterocycles. The van der Waals surface area contributed by atoms with Crippen LogP contribution >= 0.6 is 15.9 Å². The van der Waals surface area contributed by atoms with Gasteiger partial charge in [0.15, 0.2) is 0 Å². The fraction of sp³-hybridized carbons (Fsp3) is 0.333. The van der Waals surface area contributed by atoms with E-state index in [1.54, 1.807) is 0 Å². The van der Waals surface area contributed by atoms with Crippen molar-refractivity contribution in [1.82, 2.24) is 4.98 Å². The number of aromatic nitrogens is 1. The minimum atomic E-state index is -2.85. The Morgan fingerprint density at radius 3 is 2.75 bits per heavy atom. The highest BCUT2D eigenvalue weighted by atomic mass is 79.9. The van der Waals surface area contributed by atoms with Gasteiger partial charge in [0.25, 0.3) is 6.43 Å². The van der Waals surface area contributed by atoms with Gasteiger partial charge >= 0.3 is 5.97 Å². The molecule has 7 heteroatoms. The maximum Gasteiger partial charge on any atom is 0.341 e. The second kappa shape index (κ2) is 5.31. The summed E-state index contributed by atoms with van der Waals surface area (Å²) in [6, 6.07) is 0. The van der Waals surface area contributed by atoms with Gasteiger partial charge in [-0.1, -0.05) is 0 Å². The molecule has 0 saturated carbocycles. The van der Waals surface area contributed by atoms with Crippen molar-refractivity contribution in [3.05, 3.63) is 27.5 Å². The largest absolute Gasteiger partial charge is 0.465 e. The molecule has 88 valence electrons. The van der Waals surface area contributed by atoms with Crippen molar-refractivity contribution >= 4 is 21.9 Å². The van der Waals surface area contributed by atoms with Gasteiger partial charge in [-0.15, -0.1) is 0 Å². The molecule has 0 fully saturated rings. The minimum absolute atomic E-state index is 0.0844. The van der Waals surface area contributed by atoms with E-state index in [1.165, 1.54) is 6.20 Å². The smallest absolute Gasteiger partial charge is 0.341 e. The van der Waals surface area contributed by atoms with Gasteiger partial charge in [-0.2, -0.15) is 0 Å². The number of ether oxygens (including phenoxy) is 1. The van der Waals surface area contributed by atoms with Crippen LogP contribution in [0.4, 0.5) is 8.78 Å². The number of halogens is 3. The van der Waals surface area contributed by atoms with E-state index < -0.39 is 18.1 Å². The second-order valence-electron chi connectivity index (χ2n) is 2.85. The lowest BCUT2D eigenvalue weighted by atomic mass is 10.1. The Morgan fingerprint density at radius 1 is 1.69 bits per heavy atom. The lowest BCUT2D eigenvalue weighted by Crippen LogP contribution is -2.12. The average Bonchev–Trinajstić information content (AvgIpc) is 2.27. The number of carbonyl (C=O) groups excluding carboxylic acids is 1. The predicted molar refractivity (Wildman–Crippen MR) is 56.1 cm³/mol. The molecule has 4 nitrogen and oxygen atoms in total. The van der Waals surface area contributed by atoms with Gasteiger partial charge in [-0.3, -0.25) is 4.98 Å². The number of nitrogens with zero attached hydrogens (tertiary/aromatic N) is 1. The van der Waals surface area contributed by atoms with Crippen LogP contribution in [0.5, 0.6) is 0 Å². The summed E-state index contributed by atoms with van der Waals surface area (Å²) in [5.41, 5.74) is 4.95. The second-order valence-corrected chi connectivity index (χ2v) is 3.65. The summed E-state index contributed by atoms with van der Waals surface area (Å²) in [5.74, 6) is -0.870. The van der Waals surface area contributed by atoms with Crippen molar-refractivity contribution in [3.63, 3.8) is 0 Å². The number of alkyl halides is 2. The molecule has 1 rings (SSSR count). The number of pyridine rings is 1. The molecule has 1 aromatic heterocycles. The zero-order chi connectivity index (χ0) is 12.3. The number of carbonyl (C=O) groups is 1. The zero-order valence-electron chi connectivity index (χ0n) is 8.34. The van der Waals surface area contributed by atoms with E-state index in [0.717, 1.165) is 7.11 Å². The van der Waals surface area contributed by atoms with Crippen molar-refractivity contribution in [3.8, 4) is 0 Å². The molecule has 0 radical (unpaired) electrons. The third-order valence-electron chi connectivity index (χ3n) is 1.93. The number of hydrogen-bond donors (Lipinski definition) is 1. The first-order valence-corrected chi connectivity index (χ1v) is 5.06. The zero-order valence-corrected chi connectivity index (χ0v) is 9.92. The highest BCUT2D eigenvalue weighted by Gasteiger charge is 2.25. The molecule has 0 unspecified atom stereocenters. The van der Waals surface area contributed by atoms with E-state index >= 15 is 0 Å². The molecule has 0 aliphatic carbocycles. The van der Waals surface area contributed by atoms with E-state index in [2.05, 4.69) is 25.7 Å². The van der Waals surface area contributed by atoms with Crippen molar-refractivity contribution < 1.29 is 18.3 Å². The first kappa shape index (κ1) is 13.0. The molecule has 0 spiro atoms. The molecule has 1 aromatic rings. The third-order valence-corrected chi connectivity index (χ3v) is 2.84. The van der Waals surface area contributed by atoms with Crippen LogP contribution in [-0.2, 0) is 11.3 Å². The van der Waals surface area contributed by atoms with Crippen molar-refractivity contribution in [2.45, 2.75) is 13.0 Å². The van der Waals surface area contributed by atoms with Crippen LogP contribution < -0.4 is 5.73 Å². The standard InChI is InChI=1S/C9H9BrF2N2O2/c1-16-9(15)5-6(10)4(2-13)3-14-7(5)8(11)12/h3,8H,2,13H2,1H3. The fourth-order valence-electron chi connectivity index (χ4n) is 1.15. The predicted octanol–water partition coefficient (Wildman–Crippen LogP) is 2.03. The molecule has 0 aliphatic heterocycles. The van der Waals surface area contributed by atoms with Gasteiger partial charge < -0.3 is 10.5 Å². The number of hydrogen-bond acceptors (Lipinski definition) is 4. The van der Waals surface area contributed by atoms with Crippen molar-refractivity contribution in [2.24, 2.45) is 5.73 Å². The Hall–Kier alpha value is -1.08. The molecule has 0 atom stereocenters. The molecule has 0 bridgehead atoms. The van der Waals surface area contributed by atoms with E-state index in [4.69, 9.17) is 5.73 Å². The number of rotatable bonds is 3. The normalized spacial score (nSPS) is 10.6. The van der Waals surface area contributed by atoms with E-state index in [9.17, 15) is 13.6 Å². The van der Waals surface area contributed by atoms with E-state index in [0.29, 0.717) is 5.56 Å². The Morgan fingerprint density at radius 2 is 2.31 bits per heavy atom. The van der Waals surface area contributed by atoms with Crippen LogP contribution in [0.3, 0.4) is 0 Å². The Bertz CT molecular complexity index is 413. The summed E-state index contributed by atoms with van der Waals surface area (Å²) in [4.78, 5) is 14.9. The molecular weight excluding hydrogens is 286 g/mol. The number of esters is 1. The first-order valence-electron chi connectivity index (χ1n) is 4.26. The Labute approximate surface area is 98.9 Å². The molecule has 2 N–H and O–H groups in total. The fourth-order valence-corrected chi connectivity index (χ4v) is 1.77. The SMILES string of the molecule is COC(=O)c1c(C(F)F)ncc(CN)c1Br. The van der Waals surface area contributed by atoms with Crippen LogP contribution in [-0.4, -0.2) is 18.1 Å². The Balaban J connectivity index is 3.42. The van der Waals surface area contributed by atoms with Gasteiger partial charge in [-0.25, -0.2) is 13.6 Å². The summed E-state index contributed by atoms with van der Waals surface area (Å²) in [7, 11) is 1.11. The molecule has 0 amide bonds. The lowest BCUT2D eigenvalue weighted by Gasteiger charge is -2.11. The maximum absolute atomic E-state index is 12.6. The number of methoxy groups -OCH3 is 1. The van der Waals surface area contributed by atoms with Crippen LogP contribution in [0.25, 0.3) is 0 Å². The van der Waals surface area contributed by atoms with Crippen LogP contribution in [0.15, 0.2) is 10.7 Å². The average molecular weight is 295 g/mol. The molecule has 0 aromatic carbocycles. The summed E-state index contributed by atoms with van der Waals surface area (Å²) >= 11 is 3.05. The molecule has 0 aliphatic rings. The summed E-state index contributed by atoms with van der Waals surface area (Å²) in [6.07, 6.45) is -1.64. The van der Waals surface area contributed by atoms with Gasteiger partial charge in [0.2, 0.25) is 0 Å². The van der Waals surface area contributed by atoms with Crippen LogP contribution in [0, 0.1) is 0 Å². The lowest BCUT2D eigenvalue weighted by molar-refractivity contribution is 0.0585. The van der Waals surface area contributed by atoms with Gasteiger partial charge in [0.05, 0.1) is 7.11 Å². The Kier molecular flexibility index (Phi) is 4.31. The third kappa shape index (κ3) is 2.35. The first-order chi connectivity index (χ1) is 7.52. The summed E-state index contributed by atoms with van der Waals surface area (Å²) in [5, 5.41) is 0. The minimum Gasteiger partial charge on any atom is -0.465 e. The van der Waals surface area contributed by atoms with Gasteiger partial charge in [0.1, 0.15) is 11.3 Å². The number of nitrogens with two attached hydrogens (primary N) is 1. The highest BCUT2D eigenvalue weighted by Crippen LogP contribution is 2.29. The highest BCUT2D eigenvalue weighted by molar-refractivity contribution is 9.10. The van der Waals surface area contributed by atoms with Gasteiger partial charge in [-0.05, 0) is 21.5 Å². The monoisotopic (exact) mass is 294 g/mol. The summed E-state index contributed by atoms with van der Waals surface area (Å²) < 4.78 is 29.9. The van der Waals surface area contributed by atoms with E-state index in [1.807, 2.05) is 0 Å². The summed E-state index contributed by atoms with van der Waals surface area (Å²) in [6.45, 7) is 0.0844. The quantitative estimate of drug-likeness (QED) is 0.866. The topological polar surface area (TPSA) is 65.2 Å².